The summed E-state index contributed by atoms with van der Waals surface area (Å²) >= 11 is 0. The van der Waals surface area contributed by atoms with Crippen molar-refractivity contribution in [2.45, 2.75) is 0 Å². The Morgan fingerprint density at radius 3 is 2.77 bits per heavy atom. The molecular weight excluding hydrogens is 166 g/mol. The fourth-order valence-electron chi connectivity index (χ4n) is 1.12. The van der Waals surface area contributed by atoms with Crippen LogP contribution in [-0.2, 0) is 0 Å². The van der Waals surface area contributed by atoms with Crippen LogP contribution in [-0.4, -0.2) is 25.3 Å². The molecule has 0 saturated heterocycles. The summed E-state index contributed by atoms with van der Waals surface area (Å²) in [5.74, 6) is 0. The Morgan fingerprint density at radius 2 is 2.15 bits per heavy atom. The Hall–Kier alpha value is -1.42. The zero-order valence-electron chi connectivity index (χ0n) is 7.67. The van der Waals surface area contributed by atoms with E-state index >= 15 is 0 Å². The van der Waals surface area contributed by atoms with E-state index in [1.165, 1.54) is 0 Å². The molecule has 0 aromatic heterocycles. The fourth-order valence-corrected chi connectivity index (χ4v) is 1.12. The maximum Gasteiger partial charge on any atom is 0.0604 e. The Bertz CT molecular complexity index is 276. The van der Waals surface area contributed by atoms with Crippen molar-refractivity contribution in [3.8, 4) is 0 Å². The standard InChI is InChI=1S/C9H15N3O/c1-11-8-3-2-7(10)6-9(8)12-4-5-13/h2-3,6,11-13H,4-5,10H2,1H3. The Labute approximate surface area is 77.8 Å². The number of rotatable bonds is 4. The maximum atomic E-state index is 8.65. The number of aliphatic hydroxyl groups is 1. The molecule has 1 aromatic rings. The first-order valence-electron chi connectivity index (χ1n) is 4.20. The monoisotopic (exact) mass is 181 g/mol. The molecule has 0 unspecified atom stereocenters. The predicted molar refractivity (Wildman–Crippen MR) is 56.0 cm³/mol. The number of nitrogens with two attached hydrogens (primary N) is 1. The van der Waals surface area contributed by atoms with Crippen molar-refractivity contribution in [1.29, 1.82) is 0 Å². The van der Waals surface area contributed by atoms with E-state index in [9.17, 15) is 0 Å². The van der Waals surface area contributed by atoms with E-state index in [1.807, 2.05) is 25.2 Å². The highest BCUT2D eigenvalue weighted by Gasteiger charge is 1.99. The quantitative estimate of drug-likeness (QED) is 0.516. The molecule has 0 aliphatic rings. The summed E-state index contributed by atoms with van der Waals surface area (Å²) in [6.07, 6.45) is 0. The summed E-state index contributed by atoms with van der Waals surface area (Å²) in [6, 6.07) is 5.56. The molecule has 0 bridgehead atoms. The van der Waals surface area contributed by atoms with E-state index < -0.39 is 0 Å². The minimum atomic E-state index is 0.109. The third-order valence-corrected chi connectivity index (χ3v) is 1.74. The number of aliphatic hydroxyl groups excluding tert-OH is 1. The molecule has 0 aliphatic carbocycles. The van der Waals surface area contributed by atoms with Gasteiger partial charge in [0.15, 0.2) is 0 Å². The second-order valence-corrected chi connectivity index (χ2v) is 2.71. The lowest BCUT2D eigenvalue weighted by Gasteiger charge is -2.11. The smallest absolute Gasteiger partial charge is 0.0604 e. The van der Waals surface area contributed by atoms with Crippen LogP contribution in [0.3, 0.4) is 0 Å². The van der Waals surface area contributed by atoms with E-state index in [1.54, 1.807) is 0 Å². The molecule has 1 rings (SSSR count). The predicted octanol–water partition coefficient (Wildman–Crippen LogP) is 0.715. The van der Waals surface area contributed by atoms with Crippen LogP contribution in [0.4, 0.5) is 17.1 Å². The molecule has 0 atom stereocenters. The third-order valence-electron chi connectivity index (χ3n) is 1.74. The van der Waals surface area contributed by atoms with Crippen molar-refractivity contribution < 1.29 is 5.11 Å². The molecule has 13 heavy (non-hydrogen) atoms. The fraction of sp³-hybridized carbons (Fsp3) is 0.333. The summed E-state index contributed by atoms with van der Waals surface area (Å²) in [5, 5.41) is 14.7. The largest absolute Gasteiger partial charge is 0.399 e. The van der Waals surface area contributed by atoms with Gasteiger partial charge in [0.2, 0.25) is 0 Å². The summed E-state index contributed by atoms with van der Waals surface area (Å²) in [6.45, 7) is 0.635. The SMILES string of the molecule is CNc1ccc(N)cc1NCCO. The average Bonchev–Trinajstić information content (AvgIpc) is 2.15. The van der Waals surface area contributed by atoms with Gasteiger partial charge in [0.25, 0.3) is 0 Å². The van der Waals surface area contributed by atoms with Crippen LogP contribution in [0.15, 0.2) is 18.2 Å². The highest BCUT2D eigenvalue weighted by atomic mass is 16.3. The van der Waals surface area contributed by atoms with Gasteiger partial charge in [-0.25, -0.2) is 0 Å². The van der Waals surface area contributed by atoms with Gasteiger partial charge in [-0.15, -0.1) is 0 Å². The number of hydrogen-bond donors (Lipinski definition) is 4. The van der Waals surface area contributed by atoms with Gasteiger partial charge in [-0.05, 0) is 18.2 Å². The lowest BCUT2D eigenvalue weighted by atomic mass is 10.2. The summed E-state index contributed by atoms with van der Waals surface area (Å²) in [5.41, 5.74) is 8.22. The molecule has 0 heterocycles. The van der Waals surface area contributed by atoms with Gasteiger partial charge >= 0.3 is 0 Å². The van der Waals surface area contributed by atoms with E-state index in [0.29, 0.717) is 12.2 Å². The van der Waals surface area contributed by atoms with Crippen molar-refractivity contribution in [3.63, 3.8) is 0 Å². The summed E-state index contributed by atoms with van der Waals surface area (Å²) in [4.78, 5) is 0. The third kappa shape index (κ3) is 2.52. The molecule has 4 heteroatoms. The molecule has 0 fully saturated rings. The van der Waals surface area contributed by atoms with Crippen molar-refractivity contribution in [2.75, 3.05) is 36.6 Å². The van der Waals surface area contributed by atoms with Crippen LogP contribution in [0.1, 0.15) is 0 Å². The number of benzene rings is 1. The number of anilines is 3. The number of hydrogen-bond acceptors (Lipinski definition) is 4. The molecule has 0 saturated carbocycles. The van der Waals surface area contributed by atoms with Gasteiger partial charge in [-0.1, -0.05) is 0 Å². The van der Waals surface area contributed by atoms with Gasteiger partial charge in [0.1, 0.15) is 0 Å². The number of nitrogens with one attached hydrogen (secondary N) is 2. The number of nitrogen functional groups attached to an aromatic ring is 1. The van der Waals surface area contributed by atoms with Gasteiger partial charge in [0.05, 0.1) is 18.0 Å². The molecule has 0 aliphatic heterocycles. The highest BCUT2D eigenvalue weighted by molar-refractivity contribution is 5.72. The topological polar surface area (TPSA) is 70.3 Å². The summed E-state index contributed by atoms with van der Waals surface area (Å²) < 4.78 is 0. The van der Waals surface area contributed by atoms with Crippen molar-refractivity contribution in [1.82, 2.24) is 0 Å². The van der Waals surface area contributed by atoms with Gasteiger partial charge in [0, 0.05) is 19.3 Å². The average molecular weight is 181 g/mol. The van der Waals surface area contributed by atoms with Gasteiger partial charge in [-0.3, -0.25) is 0 Å². The molecular formula is C9H15N3O. The van der Waals surface area contributed by atoms with E-state index in [2.05, 4.69) is 10.6 Å². The van der Waals surface area contributed by atoms with Gasteiger partial charge in [-0.2, -0.15) is 0 Å². The molecule has 0 amide bonds. The molecule has 4 nitrogen and oxygen atoms in total. The van der Waals surface area contributed by atoms with Crippen molar-refractivity contribution in [3.05, 3.63) is 18.2 Å². The Morgan fingerprint density at radius 1 is 1.38 bits per heavy atom. The maximum absolute atomic E-state index is 8.65. The second kappa shape index (κ2) is 4.57. The second-order valence-electron chi connectivity index (χ2n) is 2.71. The zero-order chi connectivity index (χ0) is 9.68. The first-order valence-corrected chi connectivity index (χ1v) is 4.20. The molecule has 1 aromatic carbocycles. The first-order chi connectivity index (χ1) is 6.27. The highest BCUT2D eigenvalue weighted by Crippen LogP contribution is 2.23. The zero-order valence-corrected chi connectivity index (χ0v) is 7.67. The minimum Gasteiger partial charge on any atom is -0.399 e. The van der Waals surface area contributed by atoms with E-state index in [0.717, 1.165) is 11.4 Å². The lowest BCUT2D eigenvalue weighted by molar-refractivity contribution is 0.311. The minimum absolute atomic E-state index is 0.109. The molecule has 0 radical (unpaired) electrons. The van der Waals surface area contributed by atoms with Crippen molar-refractivity contribution >= 4 is 17.1 Å². The van der Waals surface area contributed by atoms with Crippen LogP contribution in [0.25, 0.3) is 0 Å². The summed E-state index contributed by atoms with van der Waals surface area (Å²) in [7, 11) is 1.84. The van der Waals surface area contributed by atoms with Crippen LogP contribution >= 0.6 is 0 Å². The van der Waals surface area contributed by atoms with Crippen LogP contribution in [0, 0.1) is 0 Å². The van der Waals surface area contributed by atoms with Gasteiger partial charge < -0.3 is 21.5 Å². The molecule has 0 spiro atoms. The molecule has 72 valence electrons. The Balaban J connectivity index is 2.81. The van der Waals surface area contributed by atoms with Crippen molar-refractivity contribution in [2.24, 2.45) is 0 Å². The van der Waals surface area contributed by atoms with E-state index in [4.69, 9.17) is 10.8 Å². The van der Waals surface area contributed by atoms with Crippen LogP contribution < -0.4 is 16.4 Å². The lowest BCUT2D eigenvalue weighted by Crippen LogP contribution is -2.07. The normalized spacial score (nSPS) is 9.69. The van der Waals surface area contributed by atoms with Crippen LogP contribution in [0.2, 0.25) is 0 Å². The first kappa shape index (κ1) is 9.67. The van der Waals surface area contributed by atoms with E-state index in [-0.39, 0.29) is 6.61 Å². The molecule has 5 N–H and O–H groups in total. The van der Waals surface area contributed by atoms with Crippen LogP contribution in [0.5, 0.6) is 0 Å². The Kier molecular flexibility index (Phi) is 3.40.